The number of nitrogens with two attached hydrogens (primary N) is 1. The van der Waals surface area contributed by atoms with E-state index in [1.165, 1.54) is 0 Å². The number of anilines is 1. The van der Waals surface area contributed by atoms with Crippen LogP contribution in [0.25, 0.3) is 0 Å². The highest BCUT2D eigenvalue weighted by molar-refractivity contribution is 7.89. The number of sulfonamides is 1. The lowest BCUT2D eigenvalue weighted by molar-refractivity contribution is 0.220. The van der Waals surface area contributed by atoms with Crippen LogP contribution in [-0.2, 0) is 16.4 Å². The maximum absolute atomic E-state index is 12.7. The zero-order chi connectivity index (χ0) is 14.9. The fourth-order valence-electron chi connectivity index (χ4n) is 2.93. The number of aryl methyl sites for hydroxylation is 1. The van der Waals surface area contributed by atoms with E-state index in [-0.39, 0.29) is 6.04 Å². The second-order valence-corrected chi connectivity index (χ2v) is 7.70. The third kappa shape index (κ3) is 2.83. The summed E-state index contributed by atoms with van der Waals surface area (Å²) < 4.78 is 27.1. The minimum absolute atomic E-state index is 0.0517. The molecule has 0 aliphatic carbocycles. The molecule has 1 aliphatic rings. The van der Waals surface area contributed by atoms with Crippen LogP contribution in [-0.4, -0.2) is 25.3 Å². The fraction of sp³-hybridized carbons (Fsp3) is 0.600. The summed E-state index contributed by atoms with van der Waals surface area (Å²) in [7, 11) is -3.43. The Kier molecular flexibility index (Phi) is 4.39. The van der Waals surface area contributed by atoms with Gasteiger partial charge in [0.25, 0.3) is 0 Å². The van der Waals surface area contributed by atoms with E-state index in [4.69, 9.17) is 5.73 Å². The van der Waals surface area contributed by atoms with Gasteiger partial charge in [0.15, 0.2) is 0 Å². The Morgan fingerprint density at radius 2 is 2.05 bits per heavy atom. The summed E-state index contributed by atoms with van der Waals surface area (Å²) in [5.74, 6) is 0.587. The van der Waals surface area contributed by atoms with Gasteiger partial charge in [-0.15, -0.1) is 0 Å². The third-order valence-corrected chi connectivity index (χ3v) is 6.19. The molecule has 4 nitrogen and oxygen atoms in total. The molecule has 2 unspecified atom stereocenters. The Hall–Kier alpha value is -1.07. The van der Waals surface area contributed by atoms with Crippen molar-refractivity contribution >= 4 is 15.7 Å². The molecule has 1 aliphatic heterocycles. The first-order chi connectivity index (χ1) is 9.36. The summed E-state index contributed by atoms with van der Waals surface area (Å²) in [5, 5.41) is 0. The minimum atomic E-state index is -3.43. The molecule has 0 bridgehead atoms. The summed E-state index contributed by atoms with van der Waals surface area (Å²) >= 11 is 0. The predicted octanol–water partition coefficient (Wildman–Crippen LogP) is 2.64. The van der Waals surface area contributed by atoms with Crippen molar-refractivity contribution in [1.29, 1.82) is 0 Å². The molecule has 1 aromatic rings. The zero-order valence-electron chi connectivity index (χ0n) is 12.5. The Labute approximate surface area is 122 Å². The molecule has 0 aromatic heterocycles. The normalized spacial score (nSPS) is 24.8. The van der Waals surface area contributed by atoms with Gasteiger partial charge in [0.05, 0.1) is 4.90 Å². The Bertz CT molecular complexity index is 584. The molecule has 1 fully saturated rings. The van der Waals surface area contributed by atoms with Crippen LogP contribution in [0.1, 0.15) is 39.2 Å². The lowest BCUT2D eigenvalue weighted by Crippen LogP contribution is -2.44. The van der Waals surface area contributed by atoms with E-state index in [9.17, 15) is 8.42 Å². The lowest BCUT2D eigenvalue weighted by atomic mass is 9.95. The average Bonchev–Trinajstić information content (AvgIpc) is 2.38. The number of hydrogen-bond donors (Lipinski definition) is 1. The van der Waals surface area contributed by atoms with Crippen LogP contribution in [0.3, 0.4) is 0 Å². The van der Waals surface area contributed by atoms with Crippen molar-refractivity contribution in [2.24, 2.45) is 5.92 Å². The predicted molar refractivity (Wildman–Crippen MR) is 82.0 cm³/mol. The maximum atomic E-state index is 12.7. The topological polar surface area (TPSA) is 63.4 Å². The Balaban J connectivity index is 2.33. The number of nitrogens with zero attached hydrogens (tertiary/aromatic N) is 1. The van der Waals surface area contributed by atoms with Crippen molar-refractivity contribution < 1.29 is 8.42 Å². The average molecular weight is 296 g/mol. The highest BCUT2D eigenvalue weighted by Gasteiger charge is 2.33. The van der Waals surface area contributed by atoms with Crippen molar-refractivity contribution in [2.45, 2.75) is 51.0 Å². The van der Waals surface area contributed by atoms with E-state index in [1.54, 1.807) is 16.4 Å². The summed E-state index contributed by atoms with van der Waals surface area (Å²) in [6.07, 6.45) is 2.65. The molecular formula is C15H24N2O2S. The van der Waals surface area contributed by atoms with E-state index >= 15 is 0 Å². The van der Waals surface area contributed by atoms with Crippen molar-refractivity contribution in [2.75, 3.05) is 12.3 Å². The second kappa shape index (κ2) is 5.74. The lowest BCUT2D eigenvalue weighted by Gasteiger charge is -2.35. The Morgan fingerprint density at radius 1 is 1.35 bits per heavy atom. The van der Waals surface area contributed by atoms with Crippen LogP contribution < -0.4 is 5.73 Å². The van der Waals surface area contributed by atoms with Gasteiger partial charge in [0, 0.05) is 18.3 Å². The first-order valence-electron chi connectivity index (χ1n) is 7.26. The minimum Gasteiger partial charge on any atom is -0.398 e. The van der Waals surface area contributed by atoms with Crippen LogP contribution in [0, 0.1) is 5.92 Å². The molecule has 2 rings (SSSR count). The van der Waals surface area contributed by atoms with Crippen LogP contribution in [0.2, 0.25) is 0 Å². The van der Waals surface area contributed by atoms with Crippen molar-refractivity contribution in [3.63, 3.8) is 0 Å². The molecule has 1 aromatic carbocycles. The first kappa shape index (κ1) is 15.3. The van der Waals surface area contributed by atoms with Gasteiger partial charge in [0.2, 0.25) is 10.0 Å². The summed E-state index contributed by atoms with van der Waals surface area (Å²) in [5.41, 5.74) is 7.48. The van der Waals surface area contributed by atoms with Gasteiger partial charge in [0.1, 0.15) is 0 Å². The van der Waals surface area contributed by atoms with Crippen LogP contribution in [0.15, 0.2) is 23.1 Å². The highest BCUT2D eigenvalue weighted by Crippen LogP contribution is 2.29. The molecule has 20 heavy (non-hydrogen) atoms. The molecule has 0 saturated carbocycles. The SMILES string of the molecule is CCc1ccc(S(=O)(=O)N2CCC(C)CC2C)cc1N. The van der Waals surface area contributed by atoms with E-state index in [0.717, 1.165) is 24.8 Å². The summed E-state index contributed by atoms with van der Waals surface area (Å²) in [6, 6.07) is 5.14. The smallest absolute Gasteiger partial charge is 0.243 e. The van der Waals surface area contributed by atoms with Gasteiger partial charge in [-0.2, -0.15) is 4.31 Å². The maximum Gasteiger partial charge on any atom is 0.243 e. The molecule has 2 N–H and O–H groups in total. The first-order valence-corrected chi connectivity index (χ1v) is 8.70. The molecule has 112 valence electrons. The van der Waals surface area contributed by atoms with Gasteiger partial charge in [-0.1, -0.05) is 19.9 Å². The fourth-order valence-corrected chi connectivity index (χ4v) is 4.63. The van der Waals surface area contributed by atoms with Crippen LogP contribution in [0.4, 0.5) is 5.69 Å². The van der Waals surface area contributed by atoms with Crippen molar-refractivity contribution in [3.8, 4) is 0 Å². The number of nitrogen functional groups attached to an aromatic ring is 1. The third-order valence-electron chi connectivity index (χ3n) is 4.18. The Morgan fingerprint density at radius 3 is 2.60 bits per heavy atom. The standard InChI is InChI=1S/C15H24N2O2S/c1-4-13-5-6-14(10-15(13)16)20(18,19)17-8-7-11(2)9-12(17)3/h5-6,10-12H,4,7-9,16H2,1-3H3. The quantitative estimate of drug-likeness (QED) is 0.872. The number of hydrogen-bond acceptors (Lipinski definition) is 3. The second-order valence-electron chi connectivity index (χ2n) is 5.81. The van der Waals surface area contributed by atoms with Gasteiger partial charge in [-0.05, 0) is 49.8 Å². The summed E-state index contributed by atoms with van der Waals surface area (Å²) in [6.45, 7) is 6.76. The number of rotatable bonds is 3. The van der Waals surface area contributed by atoms with Gasteiger partial charge in [-0.3, -0.25) is 0 Å². The molecule has 1 heterocycles. The van der Waals surface area contributed by atoms with Crippen LogP contribution >= 0.6 is 0 Å². The number of benzene rings is 1. The molecule has 5 heteroatoms. The van der Waals surface area contributed by atoms with Crippen molar-refractivity contribution in [1.82, 2.24) is 4.31 Å². The number of piperidine rings is 1. The van der Waals surface area contributed by atoms with E-state index < -0.39 is 10.0 Å². The van der Waals surface area contributed by atoms with E-state index in [0.29, 0.717) is 23.0 Å². The van der Waals surface area contributed by atoms with Crippen molar-refractivity contribution in [3.05, 3.63) is 23.8 Å². The van der Waals surface area contributed by atoms with E-state index in [2.05, 4.69) is 6.92 Å². The largest absolute Gasteiger partial charge is 0.398 e. The van der Waals surface area contributed by atoms with Gasteiger partial charge in [-0.25, -0.2) is 8.42 Å². The monoisotopic (exact) mass is 296 g/mol. The molecule has 2 atom stereocenters. The zero-order valence-corrected chi connectivity index (χ0v) is 13.3. The molecule has 0 radical (unpaired) electrons. The van der Waals surface area contributed by atoms with E-state index in [1.807, 2.05) is 19.9 Å². The molecule has 0 spiro atoms. The van der Waals surface area contributed by atoms with Gasteiger partial charge >= 0.3 is 0 Å². The summed E-state index contributed by atoms with van der Waals surface area (Å²) in [4.78, 5) is 0.314. The molecule has 1 saturated heterocycles. The van der Waals surface area contributed by atoms with Gasteiger partial charge < -0.3 is 5.73 Å². The van der Waals surface area contributed by atoms with Crippen LogP contribution in [0.5, 0.6) is 0 Å². The highest BCUT2D eigenvalue weighted by atomic mass is 32.2. The molecule has 0 amide bonds. The molecular weight excluding hydrogens is 272 g/mol.